The molecule has 0 heterocycles. The third-order valence-electron chi connectivity index (χ3n) is 6.45. The Kier molecular flexibility index (Phi) is 11.9. The van der Waals surface area contributed by atoms with Crippen molar-refractivity contribution >= 4 is 62.3 Å². The molecular weight excluding hydrogens is 621 g/mol. The average Bonchev–Trinajstić information content (AvgIpc) is 2.95. The average molecular weight is 655 g/mol. The van der Waals surface area contributed by atoms with E-state index in [9.17, 15) is 18.0 Å². The van der Waals surface area contributed by atoms with Crippen molar-refractivity contribution in [1.82, 2.24) is 10.2 Å². The van der Waals surface area contributed by atoms with Gasteiger partial charge in [0.2, 0.25) is 11.8 Å². The Morgan fingerprint density at radius 3 is 2.19 bits per heavy atom. The van der Waals surface area contributed by atoms with Crippen LogP contribution in [-0.4, -0.2) is 51.4 Å². The summed E-state index contributed by atoms with van der Waals surface area (Å²) in [6, 6.07) is 16.0. The summed E-state index contributed by atoms with van der Waals surface area (Å²) in [7, 11) is -2.78. The van der Waals surface area contributed by atoms with Gasteiger partial charge >= 0.3 is 0 Å². The van der Waals surface area contributed by atoms with Gasteiger partial charge in [0, 0.05) is 28.2 Å². The maximum Gasteiger partial charge on any atom is 0.264 e. The molecule has 0 aliphatic heterocycles. The maximum atomic E-state index is 14.1. The molecule has 1 atom stereocenters. The van der Waals surface area contributed by atoms with Crippen LogP contribution in [-0.2, 0) is 26.2 Å². The molecule has 0 fully saturated rings. The zero-order valence-electron chi connectivity index (χ0n) is 23.8. The number of hydrogen-bond donors (Lipinski definition) is 1. The van der Waals surface area contributed by atoms with Gasteiger partial charge in [-0.3, -0.25) is 13.9 Å². The number of anilines is 1. The van der Waals surface area contributed by atoms with Crippen LogP contribution in [0, 0.1) is 5.92 Å². The summed E-state index contributed by atoms with van der Waals surface area (Å²) in [6.07, 6.45) is 0.281. The molecule has 2 amide bonds. The van der Waals surface area contributed by atoms with Crippen molar-refractivity contribution in [2.45, 2.75) is 44.7 Å². The summed E-state index contributed by atoms with van der Waals surface area (Å²) < 4.78 is 34.1. The number of nitrogens with one attached hydrogen (secondary N) is 1. The molecule has 226 valence electrons. The van der Waals surface area contributed by atoms with Crippen molar-refractivity contribution < 1.29 is 22.7 Å². The highest BCUT2D eigenvalue weighted by Gasteiger charge is 2.34. The molecule has 12 heteroatoms. The molecule has 0 spiro atoms. The first-order valence-electron chi connectivity index (χ1n) is 13.3. The minimum atomic E-state index is -4.26. The normalized spacial score (nSPS) is 12.1. The second-order valence-corrected chi connectivity index (χ2v) is 13.1. The Balaban J connectivity index is 2.07. The highest BCUT2D eigenvalue weighted by atomic mass is 35.5. The van der Waals surface area contributed by atoms with Crippen molar-refractivity contribution in [3.63, 3.8) is 0 Å². The number of sulfonamides is 1. The van der Waals surface area contributed by atoms with Crippen LogP contribution < -0.4 is 14.4 Å². The molecule has 0 aliphatic carbocycles. The zero-order chi connectivity index (χ0) is 31.0. The first-order valence-corrected chi connectivity index (χ1v) is 15.9. The zero-order valence-corrected chi connectivity index (χ0v) is 26.9. The molecule has 0 bridgehead atoms. The van der Waals surface area contributed by atoms with Crippen molar-refractivity contribution in [1.29, 1.82) is 0 Å². The van der Waals surface area contributed by atoms with Gasteiger partial charge in [0.05, 0.1) is 17.7 Å². The van der Waals surface area contributed by atoms with E-state index in [1.54, 1.807) is 43.3 Å². The summed E-state index contributed by atoms with van der Waals surface area (Å²) in [5.74, 6) is -0.292. The van der Waals surface area contributed by atoms with Crippen LogP contribution in [0.5, 0.6) is 5.75 Å². The van der Waals surface area contributed by atoms with Crippen LogP contribution in [0.1, 0.15) is 32.8 Å². The Morgan fingerprint density at radius 2 is 1.62 bits per heavy atom. The first kappa shape index (κ1) is 33.5. The lowest BCUT2D eigenvalue weighted by atomic mass is 10.1. The minimum absolute atomic E-state index is 0.0472. The Hall–Kier alpha value is -2.98. The quantitative estimate of drug-likeness (QED) is 0.229. The van der Waals surface area contributed by atoms with E-state index in [2.05, 4.69) is 5.32 Å². The largest absolute Gasteiger partial charge is 0.497 e. The lowest BCUT2D eigenvalue weighted by Crippen LogP contribution is -2.52. The summed E-state index contributed by atoms with van der Waals surface area (Å²) >= 11 is 18.8. The predicted molar refractivity (Wildman–Crippen MR) is 168 cm³/mol. The molecule has 8 nitrogen and oxygen atoms in total. The van der Waals surface area contributed by atoms with E-state index < -0.39 is 28.5 Å². The van der Waals surface area contributed by atoms with Crippen LogP contribution in [0.25, 0.3) is 0 Å². The fraction of sp³-hybridized carbons (Fsp3) is 0.333. The summed E-state index contributed by atoms with van der Waals surface area (Å²) in [4.78, 5) is 28.7. The van der Waals surface area contributed by atoms with Gasteiger partial charge < -0.3 is 15.0 Å². The number of ether oxygens (including phenoxy) is 1. The van der Waals surface area contributed by atoms with E-state index in [1.165, 1.54) is 42.3 Å². The van der Waals surface area contributed by atoms with Crippen molar-refractivity contribution in [2.75, 3.05) is 24.5 Å². The number of nitrogens with zero attached hydrogens (tertiary/aromatic N) is 2. The SMILES string of the molecule is CCC(C(=O)NCC(C)C)N(Cc1ccc(Cl)cc1Cl)C(=O)CN(c1cccc(Cl)c1)S(=O)(=O)c1ccc(OC)cc1. The lowest BCUT2D eigenvalue weighted by molar-refractivity contribution is -0.140. The summed E-state index contributed by atoms with van der Waals surface area (Å²) in [6.45, 7) is 5.48. The number of carbonyl (C=O) groups is 2. The third-order valence-corrected chi connectivity index (χ3v) is 9.06. The highest BCUT2D eigenvalue weighted by Crippen LogP contribution is 2.29. The van der Waals surface area contributed by atoms with Gasteiger partial charge in [0.25, 0.3) is 10.0 Å². The van der Waals surface area contributed by atoms with Crippen LogP contribution in [0.3, 0.4) is 0 Å². The molecule has 42 heavy (non-hydrogen) atoms. The molecule has 0 aliphatic rings. The molecule has 3 rings (SSSR count). The van der Waals surface area contributed by atoms with Crippen LogP contribution in [0.15, 0.2) is 71.6 Å². The highest BCUT2D eigenvalue weighted by molar-refractivity contribution is 7.92. The van der Waals surface area contributed by atoms with Crippen molar-refractivity contribution in [3.05, 3.63) is 87.4 Å². The molecule has 0 radical (unpaired) electrons. The Labute approximate surface area is 262 Å². The maximum absolute atomic E-state index is 14.1. The van der Waals surface area contributed by atoms with Crippen LogP contribution in [0.4, 0.5) is 5.69 Å². The standard InChI is InChI=1S/C30H34Cl3N3O5S/c1-5-28(30(38)34-17-20(2)3)35(18-21-9-10-23(32)16-27(21)33)29(37)19-36(24-8-6-7-22(31)15-24)42(39,40)26-13-11-25(41-4)12-14-26/h6-16,20,28H,5,17-19H2,1-4H3,(H,34,38). The predicted octanol–water partition coefficient (Wildman–Crippen LogP) is 6.43. The number of hydrogen-bond acceptors (Lipinski definition) is 5. The van der Waals surface area contributed by atoms with Crippen LogP contribution in [0.2, 0.25) is 15.1 Å². The van der Waals surface area contributed by atoms with E-state index >= 15 is 0 Å². The van der Waals surface area contributed by atoms with Gasteiger partial charge in [0.1, 0.15) is 18.3 Å². The molecule has 1 unspecified atom stereocenters. The summed E-state index contributed by atoms with van der Waals surface area (Å²) in [5.41, 5.74) is 0.741. The smallest absolute Gasteiger partial charge is 0.264 e. The molecule has 1 N–H and O–H groups in total. The number of methoxy groups -OCH3 is 1. The molecule has 0 saturated heterocycles. The van der Waals surface area contributed by atoms with Gasteiger partial charge in [-0.25, -0.2) is 8.42 Å². The fourth-order valence-electron chi connectivity index (χ4n) is 4.21. The van der Waals surface area contributed by atoms with E-state index in [4.69, 9.17) is 39.5 Å². The summed E-state index contributed by atoms with van der Waals surface area (Å²) in [5, 5.41) is 3.91. The first-order chi connectivity index (χ1) is 19.9. The van der Waals surface area contributed by atoms with Crippen molar-refractivity contribution in [3.8, 4) is 5.75 Å². The van der Waals surface area contributed by atoms with Crippen LogP contribution >= 0.6 is 34.8 Å². The Bertz CT molecular complexity index is 1500. The number of benzene rings is 3. The lowest BCUT2D eigenvalue weighted by Gasteiger charge is -2.33. The number of halogens is 3. The van der Waals surface area contributed by atoms with Crippen molar-refractivity contribution in [2.24, 2.45) is 5.92 Å². The fourth-order valence-corrected chi connectivity index (χ4v) is 6.27. The molecule has 3 aromatic rings. The second kappa shape index (κ2) is 15.0. The molecule has 0 saturated carbocycles. The molecule has 0 aromatic heterocycles. The molecular formula is C30H34Cl3N3O5S. The number of carbonyl (C=O) groups excluding carboxylic acids is 2. The van der Waals surface area contributed by atoms with Gasteiger partial charge in [-0.15, -0.1) is 0 Å². The van der Waals surface area contributed by atoms with E-state index in [0.29, 0.717) is 32.9 Å². The van der Waals surface area contributed by atoms with E-state index in [0.717, 1.165) is 4.31 Å². The van der Waals surface area contributed by atoms with Gasteiger partial charge in [-0.2, -0.15) is 0 Å². The van der Waals surface area contributed by atoms with E-state index in [-0.39, 0.29) is 35.4 Å². The minimum Gasteiger partial charge on any atom is -0.497 e. The van der Waals surface area contributed by atoms with Gasteiger partial charge in [0.15, 0.2) is 0 Å². The third kappa shape index (κ3) is 8.53. The topological polar surface area (TPSA) is 96.0 Å². The molecule has 3 aromatic carbocycles. The monoisotopic (exact) mass is 653 g/mol. The Morgan fingerprint density at radius 1 is 0.952 bits per heavy atom. The van der Waals surface area contributed by atoms with Gasteiger partial charge in [-0.05, 0) is 72.5 Å². The van der Waals surface area contributed by atoms with Gasteiger partial charge in [-0.1, -0.05) is 67.7 Å². The number of rotatable bonds is 13. The second-order valence-electron chi connectivity index (χ2n) is 9.99. The van der Waals surface area contributed by atoms with E-state index in [1.807, 2.05) is 13.8 Å². The number of amides is 2.